The third kappa shape index (κ3) is 3.77. The molecule has 0 aliphatic carbocycles. The molecule has 2 aromatic rings. The van der Waals surface area contributed by atoms with Gasteiger partial charge in [-0.1, -0.05) is 0 Å². The number of anilines is 2. The minimum Gasteiger partial charge on any atom is -0.491 e. The summed E-state index contributed by atoms with van der Waals surface area (Å²) in [5.74, 6) is 0.163. The molecule has 0 radical (unpaired) electrons. The average Bonchev–Trinajstić information content (AvgIpc) is 2.46. The molecule has 1 aromatic carbocycles. The van der Waals surface area contributed by atoms with Gasteiger partial charge in [0.2, 0.25) is 5.28 Å². The molecule has 23 heavy (non-hydrogen) atoms. The van der Waals surface area contributed by atoms with Crippen molar-refractivity contribution in [3.8, 4) is 5.75 Å². The zero-order valence-corrected chi connectivity index (χ0v) is 12.1. The van der Waals surface area contributed by atoms with Gasteiger partial charge in [-0.2, -0.15) is 18.2 Å². The smallest absolute Gasteiger partial charge is 0.423 e. The average molecular weight is 349 g/mol. The summed E-state index contributed by atoms with van der Waals surface area (Å²) in [5, 5.41) is 13.1. The number of hydrogen-bond acceptors (Lipinski definition) is 6. The molecular formula is C12H8ClF3N4O3. The topological polar surface area (TPSA) is 90.2 Å². The Morgan fingerprint density at radius 3 is 2.65 bits per heavy atom. The van der Waals surface area contributed by atoms with E-state index in [-0.39, 0.29) is 22.5 Å². The quantitative estimate of drug-likeness (QED) is 0.513. The number of aromatic nitrogens is 2. The van der Waals surface area contributed by atoms with E-state index in [9.17, 15) is 23.3 Å². The van der Waals surface area contributed by atoms with Gasteiger partial charge in [-0.3, -0.25) is 10.1 Å². The van der Waals surface area contributed by atoms with Crippen molar-refractivity contribution in [3.63, 3.8) is 0 Å². The van der Waals surface area contributed by atoms with E-state index >= 15 is 0 Å². The summed E-state index contributed by atoms with van der Waals surface area (Å²) in [5.41, 5.74) is -2.50. The third-order valence-corrected chi connectivity index (χ3v) is 2.89. The van der Waals surface area contributed by atoms with Gasteiger partial charge in [0.25, 0.3) is 5.69 Å². The van der Waals surface area contributed by atoms with Crippen molar-refractivity contribution >= 4 is 28.8 Å². The molecule has 122 valence electrons. The van der Waals surface area contributed by atoms with Gasteiger partial charge in [0.15, 0.2) is 11.6 Å². The first-order valence-corrected chi connectivity index (χ1v) is 6.29. The van der Waals surface area contributed by atoms with E-state index in [4.69, 9.17) is 16.3 Å². The lowest BCUT2D eigenvalue weighted by atomic mass is 10.1. The van der Waals surface area contributed by atoms with Gasteiger partial charge < -0.3 is 10.1 Å². The number of benzene rings is 1. The van der Waals surface area contributed by atoms with E-state index in [1.165, 1.54) is 13.3 Å². The predicted octanol–water partition coefficient (Wildman–Crippen LogP) is 3.81. The first kappa shape index (κ1) is 16.7. The molecule has 0 atom stereocenters. The summed E-state index contributed by atoms with van der Waals surface area (Å²) in [6, 6.07) is 2.47. The van der Waals surface area contributed by atoms with Gasteiger partial charge in [0, 0.05) is 11.8 Å². The van der Waals surface area contributed by atoms with E-state index in [0.29, 0.717) is 6.07 Å². The van der Waals surface area contributed by atoms with Crippen LogP contribution in [0.3, 0.4) is 0 Å². The molecule has 0 unspecified atom stereocenters. The molecule has 0 spiro atoms. The Morgan fingerprint density at radius 1 is 1.39 bits per heavy atom. The molecule has 1 heterocycles. The van der Waals surface area contributed by atoms with Gasteiger partial charge in [-0.25, -0.2) is 4.98 Å². The molecular weight excluding hydrogens is 341 g/mol. The fourth-order valence-electron chi connectivity index (χ4n) is 1.72. The molecule has 1 aromatic heterocycles. The highest BCUT2D eigenvalue weighted by molar-refractivity contribution is 6.28. The summed E-state index contributed by atoms with van der Waals surface area (Å²) >= 11 is 5.62. The number of methoxy groups -OCH3 is 1. The highest BCUT2D eigenvalue weighted by Gasteiger charge is 2.38. The molecule has 0 aliphatic heterocycles. The third-order valence-electron chi connectivity index (χ3n) is 2.71. The van der Waals surface area contributed by atoms with Crippen LogP contribution in [0.15, 0.2) is 24.4 Å². The number of nitrogens with one attached hydrogen (secondary N) is 1. The van der Waals surface area contributed by atoms with Gasteiger partial charge in [0.05, 0.1) is 18.2 Å². The van der Waals surface area contributed by atoms with Crippen molar-refractivity contribution in [1.82, 2.24) is 9.97 Å². The molecule has 0 aliphatic rings. The first-order chi connectivity index (χ1) is 10.7. The maximum Gasteiger partial charge on any atom is 0.423 e. The molecule has 0 bridgehead atoms. The second-order valence-corrected chi connectivity index (χ2v) is 4.51. The van der Waals surface area contributed by atoms with Crippen LogP contribution in [0, 0.1) is 10.1 Å². The highest BCUT2D eigenvalue weighted by atomic mass is 35.5. The second kappa shape index (κ2) is 6.24. The number of halogens is 4. The first-order valence-electron chi connectivity index (χ1n) is 5.91. The number of hydrogen-bond donors (Lipinski definition) is 1. The van der Waals surface area contributed by atoms with Crippen molar-refractivity contribution in [2.45, 2.75) is 6.18 Å². The Hall–Kier alpha value is -2.62. The van der Waals surface area contributed by atoms with Crippen LogP contribution in [-0.4, -0.2) is 22.0 Å². The van der Waals surface area contributed by atoms with E-state index in [1.54, 1.807) is 0 Å². The Labute approximate surface area is 132 Å². The number of nitro groups is 1. The van der Waals surface area contributed by atoms with Crippen LogP contribution in [-0.2, 0) is 6.18 Å². The molecule has 11 heteroatoms. The second-order valence-electron chi connectivity index (χ2n) is 4.17. The maximum atomic E-state index is 12.9. The van der Waals surface area contributed by atoms with Gasteiger partial charge in [-0.15, -0.1) is 0 Å². The van der Waals surface area contributed by atoms with E-state index in [1.807, 2.05) is 0 Å². The Balaban J connectivity index is 2.46. The zero-order valence-electron chi connectivity index (χ0n) is 11.4. The summed E-state index contributed by atoms with van der Waals surface area (Å²) in [7, 11) is 1.31. The summed E-state index contributed by atoms with van der Waals surface area (Å²) < 4.78 is 43.8. The van der Waals surface area contributed by atoms with Crippen molar-refractivity contribution in [3.05, 3.63) is 45.4 Å². The minimum atomic E-state index is -4.88. The Morgan fingerprint density at radius 2 is 2.09 bits per heavy atom. The van der Waals surface area contributed by atoms with Crippen molar-refractivity contribution in [2.75, 3.05) is 12.4 Å². The van der Waals surface area contributed by atoms with Crippen molar-refractivity contribution < 1.29 is 22.8 Å². The maximum absolute atomic E-state index is 12.9. The molecule has 1 N–H and O–H groups in total. The lowest BCUT2D eigenvalue weighted by Crippen LogP contribution is -2.09. The van der Waals surface area contributed by atoms with Crippen LogP contribution in [0.4, 0.5) is 30.4 Å². The van der Waals surface area contributed by atoms with Gasteiger partial charge in [-0.05, 0) is 23.7 Å². The number of nitro benzene ring substituents is 1. The fraction of sp³-hybridized carbons (Fsp3) is 0.167. The van der Waals surface area contributed by atoms with Crippen LogP contribution < -0.4 is 10.1 Å². The molecule has 7 nitrogen and oxygen atoms in total. The summed E-state index contributed by atoms with van der Waals surface area (Å²) in [6.45, 7) is 0. The Kier molecular flexibility index (Phi) is 4.55. The molecule has 0 fully saturated rings. The normalized spacial score (nSPS) is 11.2. The van der Waals surface area contributed by atoms with Crippen LogP contribution in [0.5, 0.6) is 5.75 Å². The van der Waals surface area contributed by atoms with Crippen LogP contribution in [0.1, 0.15) is 5.56 Å². The van der Waals surface area contributed by atoms with Crippen LogP contribution in [0.2, 0.25) is 5.28 Å². The van der Waals surface area contributed by atoms with E-state index in [2.05, 4.69) is 15.3 Å². The Bertz CT molecular complexity index is 755. The summed E-state index contributed by atoms with van der Waals surface area (Å²) in [4.78, 5) is 17.1. The van der Waals surface area contributed by atoms with Crippen LogP contribution >= 0.6 is 11.6 Å². The van der Waals surface area contributed by atoms with Crippen molar-refractivity contribution in [2.24, 2.45) is 0 Å². The number of ether oxygens (including phenoxy) is 1. The highest BCUT2D eigenvalue weighted by Crippen LogP contribution is 2.38. The zero-order chi connectivity index (χ0) is 17.2. The largest absolute Gasteiger partial charge is 0.491 e. The fourth-order valence-corrected chi connectivity index (χ4v) is 1.86. The standard InChI is InChI=1S/C12H8ClF3N4O3/c1-23-9-5-17-11(13)19-10(9)18-6-2-3-8(20(21)22)7(4-6)12(14,15)16/h2-5H,1H3,(H,17,18,19). The number of nitrogens with zero attached hydrogens (tertiary/aromatic N) is 3. The van der Waals surface area contributed by atoms with Crippen LogP contribution in [0.25, 0.3) is 0 Å². The van der Waals surface area contributed by atoms with E-state index in [0.717, 1.165) is 12.1 Å². The van der Waals surface area contributed by atoms with Gasteiger partial charge in [0.1, 0.15) is 5.56 Å². The van der Waals surface area contributed by atoms with Gasteiger partial charge >= 0.3 is 6.18 Å². The molecule has 0 saturated heterocycles. The monoisotopic (exact) mass is 348 g/mol. The molecule has 2 rings (SSSR count). The lowest BCUT2D eigenvalue weighted by Gasteiger charge is -2.12. The lowest BCUT2D eigenvalue weighted by molar-refractivity contribution is -0.388. The number of alkyl halides is 3. The predicted molar refractivity (Wildman–Crippen MR) is 75.0 cm³/mol. The molecule has 0 amide bonds. The summed E-state index contributed by atoms with van der Waals surface area (Å²) in [6.07, 6.45) is -3.65. The number of rotatable bonds is 4. The molecule has 0 saturated carbocycles. The van der Waals surface area contributed by atoms with Crippen molar-refractivity contribution in [1.29, 1.82) is 0 Å². The minimum absolute atomic E-state index is 0.0227. The SMILES string of the molecule is COc1cnc(Cl)nc1Nc1ccc([N+](=O)[O-])c(C(F)(F)F)c1. The van der Waals surface area contributed by atoms with E-state index < -0.39 is 22.4 Å².